The number of aromatic nitrogens is 1. The van der Waals surface area contributed by atoms with Crippen LogP contribution >= 0.6 is 11.3 Å². The molecule has 4 aromatic rings. The van der Waals surface area contributed by atoms with E-state index in [9.17, 15) is 5.11 Å². The molecule has 0 radical (unpaired) electrons. The first kappa shape index (κ1) is 21.5. The fraction of sp³-hybridized carbons (Fsp3) is 0.167. The third-order valence-corrected chi connectivity index (χ3v) is 5.95. The lowest BCUT2D eigenvalue weighted by Gasteiger charge is -2.09. The number of phenols is 1. The molecule has 32 heavy (non-hydrogen) atoms. The van der Waals surface area contributed by atoms with Crippen molar-refractivity contribution in [3.8, 4) is 34.3 Å². The summed E-state index contributed by atoms with van der Waals surface area (Å²) in [6, 6.07) is 15.6. The first-order chi connectivity index (χ1) is 15.6. The third kappa shape index (κ3) is 4.04. The highest BCUT2D eigenvalue weighted by Crippen LogP contribution is 2.36. The molecule has 1 heterocycles. The van der Waals surface area contributed by atoms with Gasteiger partial charge in [0.25, 0.3) is 0 Å². The van der Waals surface area contributed by atoms with Crippen LogP contribution in [0.25, 0.3) is 22.0 Å². The largest absolute Gasteiger partial charge is 0.502 e. The van der Waals surface area contributed by atoms with Gasteiger partial charge in [0, 0.05) is 23.6 Å². The highest BCUT2D eigenvalue weighted by atomic mass is 32.1. The van der Waals surface area contributed by atoms with Crippen molar-refractivity contribution in [2.75, 3.05) is 28.4 Å². The molecule has 0 saturated heterocycles. The number of hydrogen-bond acceptors (Lipinski definition) is 7. The molecule has 0 aliphatic rings. The molecular formula is C24H23N3O4S. The second kappa shape index (κ2) is 9.15. The summed E-state index contributed by atoms with van der Waals surface area (Å²) in [7, 11) is 6.38. The van der Waals surface area contributed by atoms with Crippen molar-refractivity contribution in [1.29, 1.82) is 0 Å². The maximum absolute atomic E-state index is 10.1. The van der Waals surface area contributed by atoms with Crippen LogP contribution in [0, 0.1) is 0 Å². The van der Waals surface area contributed by atoms with Crippen LogP contribution in [0.4, 0.5) is 0 Å². The maximum Gasteiger partial charge on any atom is 0.205 e. The number of methoxy groups -OCH3 is 3. The maximum atomic E-state index is 10.1. The Labute approximate surface area is 189 Å². The van der Waals surface area contributed by atoms with Gasteiger partial charge in [0.1, 0.15) is 5.75 Å². The molecule has 0 unspecified atom stereocenters. The van der Waals surface area contributed by atoms with Crippen LogP contribution in [-0.4, -0.2) is 44.4 Å². The molecule has 7 nitrogen and oxygen atoms in total. The highest BCUT2D eigenvalue weighted by molar-refractivity contribution is 7.07. The first-order valence-electron chi connectivity index (χ1n) is 9.78. The van der Waals surface area contributed by atoms with E-state index in [4.69, 9.17) is 14.2 Å². The average Bonchev–Trinajstić information content (AvgIpc) is 3.25. The number of hydrogen-bond donors (Lipinski definition) is 1. The van der Waals surface area contributed by atoms with Gasteiger partial charge in [-0.15, -0.1) is 11.3 Å². The molecule has 3 aromatic carbocycles. The Hall–Kier alpha value is -3.78. The second-order valence-electron chi connectivity index (χ2n) is 6.89. The van der Waals surface area contributed by atoms with Gasteiger partial charge in [-0.1, -0.05) is 18.2 Å². The summed E-state index contributed by atoms with van der Waals surface area (Å²) in [5.74, 6) is 1.40. The van der Waals surface area contributed by atoms with Gasteiger partial charge >= 0.3 is 0 Å². The molecule has 0 spiro atoms. The van der Waals surface area contributed by atoms with Crippen molar-refractivity contribution >= 4 is 28.3 Å². The molecule has 0 aliphatic heterocycles. The summed E-state index contributed by atoms with van der Waals surface area (Å²) in [5.41, 5.74) is 2.66. The van der Waals surface area contributed by atoms with Gasteiger partial charge < -0.3 is 19.3 Å². The van der Waals surface area contributed by atoms with Crippen molar-refractivity contribution < 1.29 is 19.3 Å². The standard InChI is InChI=1S/C24H23N3O4S/c1-25-24-27(26-13-15-9-21(30-3)23(28)22(10-15)31-4)20(14-32-24)18-6-5-17-12-19(29-2)8-7-16(17)11-18/h5-14,28H,1-4H3. The van der Waals surface area contributed by atoms with Gasteiger partial charge in [0.05, 0.1) is 33.2 Å². The first-order valence-corrected chi connectivity index (χ1v) is 10.7. The number of benzene rings is 3. The monoisotopic (exact) mass is 449 g/mol. The van der Waals surface area contributed by atoms with E-state index < -0.39 is 0 Å². The normalized spacial score (nSPS) is 11.9. The molecule has 0 atom stereocenters. The van der Waals surface area contributed by atoms with Gasteiger partial charge in [-0.3, -0.25) is 4.99 Å². The lowest BCUT2D eigenvalue weighted by atomic mass is 10.1. The summed E-state index contributed by atoms with van der Waals surface area (Å²) >= 11 is 1.51. The fourth-order valence-corrected chi connectivity index (χ4v) is 4.19. The van der Waals surface area contributed by atoms with Crippen molar-refractivity contribution in [1.82, 2.24) is 4.68 Å². The number of fused-ring (bicyclic) bond motifs is 1. The van der Waals surface area contributed by atoms with E-state index in [0.29, 0.717) is 17.1 Å². The molecule has 0 bridgehead atoms. The molecule has 0 amide bonds. The molecule has 0 saturated carbocycles. The molecule has 0 aliphatic carbocycles. The van der Waals surface area contributed by atoms with Crippen molar-refractivity contribution in [3.05, 3.63) is 64.3 Å². The highest BCUT2D eigenvalue weighted by Gasteiger charge is 2.12. The second-order valence-corrected chi connectivity index (χ2v) is 7.72. The van der Waals surface area contributed by atoms with Crippen LogP contribution in [0.2, 0.25) is 0 Å². The van der Waals surface area contributed by atoms with Crippen LogP contribution < -0.4 is 19.0 Å². The number of phenolic OH excluding ortho intramolecular Hbond substituents is 1. The van der Waals surface area contributed by atoms with Gasteiger partial charge in [-0.05, 0) is 41.1 Å². The Balaban J connectivity index is 1.77. The molecule has 164 valence electrons. The third-order valence-electron chi connectivity index (χ3n) is 5.04. The van der Waals surface area contributed by atoms with Crippen LogP contribution in [-0.2, 0) is 0 Å². The minimum absolute atomic E-state index is 0.0481. The lowest BCUT2D eigenvalue weighted by Crippen LogP contribution is -2.11. The summed E-state index contributed by atoms with van der Waals surface area (Å²) in [5, 5.41) is 19.0. The molecule has 0 fully saturated rings. The van der Waals surface area contributed by atoms with Gasteiger partial charge in [0.2, 0.25) is 10.6 Å². The Bertz CT molecular complexity index is 1350. The van der Waals surface area contributed by atoms with E-state index in [-0.39, 0.29) is 5.75 Å². The topological polar surface area (TPSA) is 77.6 Å². The van der Waals surface area contributed by atoms with Crippen molar-refractivity contribution in [2.24, 2.45) is 10.1 Å². The smallest absolute Gasteiger partial charge is 0.205 e. The number of thiazole rings is 1. The number of ether oxygens (including phenoxy) is 3. The number of nitrogens with zero attached hydrogens (tertiary/aromatic N) is 3. The van der Waals surface area contributed by atoms with E-state index >= 15 is 0 Å². The quantitative estimate of drug-likeness (QED) is 0.439. The van der Waals surface area contributed by atoms with Crippen molar-refractivity contribution in [3.63, 3.8) is 0 Å². The van der Waals surface area contributed by atoms with Crippen LogP contribution in [0.3, 0.4) is 0 Å². The summed E-state index contributed by atoms with van der Waals surface area (Å²) in [6.45, 7) is 0. The molecular weight excluding hydrogens is 426 g/mol. The van der Waals surface area contributed by atoms with Crippen LogP contribution in [0.15, 0.2) is 64.0 Å². The van der Waals surface area contributed by atoms with Gasteiger partial charge in [-0.25, -0.2) is 4.68 Å². The average molecular weight is 450 g/mol. The lowest BCUT2D eigenvalue weighted by molar-refractivity contribution is 0.340. The van der Waals surface area contributed by atoms with E-state index in [1.165, 1.54) is 25.6 Å². The zero-order valence-electron chi connectivity index (χ0n) is 18.2. The Morgan fingerprint density at radius 3 is 2.25 bits per heavy atom. The summed E-state index contributed by atoms with van der Waals surface area (Å²) in [4.78, 5) is 5.11. The zero-order valence-corrected chi connectivity index (χ0v) is 19.0. The molecule has 1 N–H and O–H groups in total. The van der Waals surface area contributed by atoms with E-state index in [0.717, 1.165) is 32.6 Å². The van der Waals surface area contributed by atoms with Gasteiger partial charge in [-0.2, -0.15) is 5.10 Å². The van der Waals surface area contributed by atoms with Gasteiger partial charge in [0.15, 0.2) is 11.5 Å². The minimum Gasteiger partial charge on any atom is -0.502 e. The zero-order chi connectivity index (χ0) is 22.7. The number of rotatable bonds is 6. The van der Waals surface area contributed by atoms with Crippen LogP contribution in [0.5, 0.6) is 23.0 Å². The van der Waals surface area contributed by atoms with E-state index in [1.807, 2.05) is 23.6 Å². The molecule has 4 rings (SSSR count). The van der Waals surface area contributed by atoms with E-state index in [2.05, 4.69) is 28.3 Å². The predicted octanol–water partition coefficient (Wildman–Crippen LogP) is 4.51. The Morgan fingerprint density at radius 1 is 0.906 bits per heavy atom. The number of aromatic hydroxyl groups is 1. The molecule has 1 aromatic heterocycles. The fourth-order valence-electron chi connectivity index (χ4n) is 3.38. The van der Waals surface area contributed by atoms with Crippen molar-refractivity contribution in [2.45, 2.75) is 0 Å². The summed E-state index contributed by atoms with van der Waals surface area (Å²) in [6.07, 6.45) is 1.68. The minimum atomic E-state index is -0.0481. The van der Waals surface area contributed by atoms with E-state index in [1.54, 1.807) is 37.2 Å². The molecule has 8 heteroatoms. The Kier molecular flexibility index (Phi) is 6.13. The Morgan fingerprint density at radius 2 is 1.59 bits per heavy atom. The summed E-state index contributed by atoms with van der Waals surface area (Å²) < 4.78 is 17.6. The SMILES string of the molecule is CN=c1scc(-c2ccc3cc(OC)ccc3c2)n1N=Cc1cc(OC)c(O)c(OC)c1. The van der Waals surface area contributed by atoms with Crippen LogP contribution in [0.1, 0.15) is 5.56 Å². The predicted molar refractivity (Wildman–Crippen MR) is 127 cm³/mol.